The molecule has 3 N–H and O–H groups in total. The standard InChI is InChI=1S/C16H14N4O2/c1-10-3-2-4-11(7-10)12-14(8-17)13(19)20-16(15(12,14)9-18)21-5-6-22-16/h2-4,7,12H,5-6H2,1H3,(H2,19,20)/p+1/t12-,14-,15-/m1/s1. The molecule has 1 saturated carbocycles. The quantitative estimate of drug-likeness (QED) is 0.710. The molecule has 2 heterocycles. The van der Waals surface area contributed by atoms with E-state index in [1.165, 1.54) is 0 Å². The predicted molar refractivity (Wildman–Crippen MR) is 74.8 cm³/mol. The van der Waals surface area contributed by atoms with E-state index in [4.69, 9.17) is 15.2 Å². The summed E-state index contributed by atoms with van der Waals surface area (Å²) in [6.07, 6.45) is 0. The van der Waals surface area contributed by atoms with Crippen LogP contribution in [0.1, 0.15) is 17.0 Å². The normalized spacial score (nSPS) is 37.2. The number of hydrogen-bond acceptors (Lipinski definition) is 5. The number of benzene rings is 1. The number of nitriles is 2. The zero-order chi connectivity index (χ0) is 15.6. The molecule has 0 aromatic heterocycles. The fourth-order valence-corrected chi connectivity index (χ4v) is 4.17. The van der Waals surface area contributed by atoms with Crippen LogP contribution in [0.25, 0.3) is 0 Å². The first kappa shape index (κ1) is 13.3. The highest BCUT2D eigenvalue weighted by Gasteiger charge is 2.97. The molecule has 110 valence electrons. The van der Waals surface area contributed by atoms with Gasteiger partial charge >= 0.3 is 5.91 Å². The predicted octanol–water partition coefficient (Wildman–Crippen LogP) is -0.736. The van der Waals surface area contributed by atoms with Crippen molar-refractivity contribution >= 4 is 5.84 Å². The molecule has 1 spiro atoms. The topological polar surface area (TPSA) is 106 Å². The lowest BCUT2D eigenvalue weighted by Gasteiger charge is -2.23. The summed E-state index contributed by atoms with van der Waals surface area (Å²) in [6, 6.07) is 12.4. The minimum atomic E-state index is -1.32. The highest BCUT2D eigenvalue weighted by atomic mass is 16.8. The molecule has 3 aliphatic rings. The van der Waals surface area contributed by atoms with Crippen LogP contribution in [0.5, 0.6) is 0 Å². The largest absolute Gasteiger partial charge is 0.343 e. The Balaban J connectivity index is 1.94. The minimum Gasteiger partial charge on any atom is -0.311 e. The highest BCUT2D eigenvalue weighted by Crippen LogP contribution is 2.79. The molecule has 1 aliphatic carbocycles. The number of fused-ring (bicyclic) bond motifs is 2. The lowest BCUT2D eigenvalue weighted by Crippen LogP contribution is -2.89. The Morgan fingerprint density at radius 2 is 2.00 bits per heavy atom. The van der Waals surface area contributed by atoms with Crippen molar-refractivity contribution in [1.29, 1.82) is 10.5 Å². The van der Waals surface area contributed by atoms with Gasteiger partial charge in [-0.25, -0.2) is 4.99 Å². The van der Waals surface area contributed by atoms with E-state index in [-0.39, 0.29) is 11.8 Å². The van der Waals surface area contributed by atoms with Crippen molar-refractivity contribution in [1.82, 2.24) is 0 Å². The molecule has 6 nitrogen and oxygen atoms in total. The van der Waals surface area contributed by atoms with E-state index in [9.17, 15) is 10.5 Å². The van der Waals surface area contributed by atoms with Gasteiger partial charge in [0, 0.05) is 5.92 Å². The van der Waals surface area contributed by atoms with Crippen LogP contribution in [0.15, 0.2) is 24.3 Å². The Morgan fingerprint density at radius 3 is 2.59 bits per heavy atom. The summed E-state index contributed by atoms with van der Waals surface area (Å²) in [5, 5.41) is 19.8. The molecule has 1 aromatic carbocycles. The van der Waals surface area contributed by atoms with Crippen LogP contribution in [-0.4, -0.2) is 25.0 Å². The zero-order valence-corrected chi connectivity index (χ0v) is 12.1. The molecule has 2 aliphatic heterocycles. The van der Waals surface area contributed by atoms with Crippen LogP contribution in [0.3, 0.4) is 0 Å². The van der Waals surface area contributed by atoms with Crippen LogP contribution < -0.4 is 10.7 Å². The molecule has 2 fully saturated rings. The van der Waals surface area contributed by atoms with Gasteiger partial charge in [0.1, 0.15) is 0 Å². The van der Waals surface area contributed by atoms with Gasteiger partial charge < -0.3 is 9.47 Å². The van der Waals surface area contributed by atoms with Crippen molar-refractivity contribution < 1.29 is 14.5 Å². The summed E-state index contributed by atoms with van der Waals surface area (Å²) >= 11 is 0. The molecule has 1 aromatic rings. The third-order valence-corrected chi connectivity index (χ3v) is 5.07. The lowest BCUT2D eigenvalue weighted by molar-refractivity contribution is -0.676. The van der Waals surface area contributed by atoms with Crippen LogP contribution in [-0.2, 0) is 9.47 Å². The zero-order valence-electron chi connectivity index (χ0n) is 12.1. The molecule has 0 amide bonds. The van der Waals surface area contributed by atoms with Crippen molar-refractivity contribution in [3.63, 3.8) is 0 Å². The van der Waals surface area contributed by atoms with Crippen molar-refractivity contribution in [3.8, 4) is 12.1 Å². The van der Waals surface area contributed by atoms with E-state index in [2.05, 4.69) is 17.1 Å². The van der Waals surface area contributed by atoms with E-state index >= 15 is 0 Å². The van der Waals surface area contributed by atoms with Crippen molar-refractivity contribution in [3.05, 3.63) is 35.4 Å². The fourth-order valence-electron chi connectivity index (χ4n) is 4.17. The summed E-state index contributed by atoms with van der Waals surface area (Å²) in [7, 11) is 0. The Labute approximate surface area is 127 Å². The number of rotatable bonds is 1. The van der Waals surface area contributed by atoms with E-state index < -0.39 is 16.7 Å². The Bertz CT molecular complexity index is 784. The SMILES string of the molecule is Cc1cccc([C@@H]2[C@]3(C#N)C(N)=[NH+]C4(OCCO4)[C@]23C#N)c1. The Hall–Kier alpha value is -2.41. The number of ether oxygens (including phenoxy) is 2. The Kier molecular flexibility index (Phi) is 2.33. The summed E-state index contributed by atoms with van der Waals surface area (Å²) in [5.74, 6) is -1.44. The van der Waals surface area contributed by atoms with Gasteiger partial charge in [0.15, 0.2) is 10.8 Å². The molecule has 0 unspecified atom stereocenters. The summed E-state index contributed by atoms with van der Waals surface area (Å²) in [6.45, 7) is 2.71. The van der Waals surface area contributed by atoms with Crippen LogP contribution in [0, 0.1) is 40.4 Å². The van der Waals surface area contributed by atoms with Gasteiger partial charge in [-0.3, -0.25) is 5.73 Å². The maximum absolute atomic E-state index is 9.94. The van der Waals surface area contributed by atoms with Gasteiger partial charge in [-0.05, 0) is 12.5 Å². The number of aryl methyl sites for hydroxylation is 1. The molecular weight excluding hydrogens is 280 g/mol. The highest BCUT2D eigenvalue weighted by molar-refractivity contribution is 5.95. The smallest absolute Gasteiger partial charge is 0.311 e. The molecular formula is C16H15N4O2+. The third kappa shape index (κ3) is 1.13. The average Bonchev–Trinajstić information content (AvgIpc) is 2.77. The van der Waals surface area contributed by atoms with Gasteiger partial charge in [-0.1, -0.05) is 29.8 Å². The van der Waals surface area contributed by atoms with Crippen LogP contribution in [0.4, 0.5) is 0 Å². The first-order valence-corrected chi connectivity index (χ1v) is 7.16. The second-order valence-corrected chi connectivity index (χ2v) is 6.04. The van der Waals surface area contributed by atoms with Crippen molar-refractivity contribution in [2.75, 3.05) is 13.2 Å². The second kappa shape index (κ2) is 3.86. The van der Waals surface area contributed by atoms with Gasteiger partial charge in [-0.2, -0.15) is 10.5 Å². The first-order valence-electron chi connectivity index (χ1n) is 7.16. The summed E-state index contributed by atoms with van der Waals surface area (Å²) in [4.78, 5) is 2.93. The maximum atomic E-state index is 9.94. The molecule has 22 heavy (non-hydrogen) atoms. The minimum absolute atomic E-state index is 0.255. The van der Waals surface area contributed by atoms with Crippen molar-refractivity contribution in [2.45, 2.75) is 18.8 Å². The lowest BCUT2D eigenvalue weighted by atomic mass is 9.93. The summed E-state index contributed by atoms with van der Waals surface area (Å²) in [5.41, 5.74) is 5.81. The van der Waals surface area contributed by atoms with Crippen molar-refractivity contribution in [2.24, 2.45) is 16.6 Å². The van der Waals surface area contributed by atoms with Crippen LogP contribution in [0.2, 0.25) is 0 Å². The molecule has 0 bridgehead atoms. The van der Waals surface area contributed by atoms with E-state index in [0.717, 1.165) is 11.1 Å². The number of hydrogen-bond donors (Lipinski definition) is 2. The van der Waals surface area contributed by atoms with E-state index in [1.807, 2.05) is 31.2 Å². The second-order valence-electron chi connectivity index (χ2n) is 6.04. The Morgan fingerprint density at radius 1 is 1.27 bits per heavy atom. The number of nitrogens with two attached hydrogens (primary N) is 1. The average molecular weight is 295 g/mol. The monoisotopic (exact) mass is 295 g/mol. The molecule has 0 radical (unpaired) electrons. The van der Waals surface area contributed by atoms with Gasteiger partial charge in [0.05, 0.1) is 25.4 Å². The van der Waals surface area contributed by atoms with E-state index in [0.29, 0.717) is 13.2 Å². The maximum Gasteiger partial charge on any atom is 0.343 e. The number of nitrogens with zero attached hydrogens (tertiary/aromatic N) is 2. The number of nitrogens with one attached hydrogen (secondary N) is 1. The first-order chi connectivity index (χ1) is 10.6. The molecule has 1 saturated heterocycles. The van der Waals surface area contributed by atoms with Gasteiger partial charge in [0.25, 0.3) is 5.84 Å². The van der Waals surface area contributed by atoms with Gasteiger partial charge in [0.2, 0.25) is 0 Å². The molecule has 6 heteroatoms. The van der Waals surface area contributed by atoms with Gasteiger partial charge in [-0.15, -0.1) is 0 Å². The van der Waals surface area contributed by atoms with Crippen LogP contribution >= 0.6 is 0 Å². The number of amidine groups is 1. The summed E-state index contributed by atoms with van der Waals surface area (Å²) < 4.78 is 11.4. The third-order valence-electron chi connectivity index (χ3n) is 5.07. The van der Waals surface area contributed by atoms with E-state index in [1.54, 1.807) is 0 Å². The molecule has 3 atom stereocenters. The fraction of sp³-hybridized carbons (Fsp3) is 0.438. The molecule has 4 rings (SSSR count).